The summed E-state index contributed by atoms with van der Waals surface area (Å²) in [5.41, 5.74) is 2.99. The van der Waals surface area contributed by atoms with E-state index in [0.717, 1.165) is 23.4 Å². The molecule has 3 aromatic rings. The predicted octanol–water partition coefficient (Wildman–Crippen LogP) is 2.31. The van der Waals surface area contributed by atoms with Crippen molar-refractivity contribution in [2.45, 2.75) is 13.1 Å². The van der Waals surface area contributed by atoms with Crippen LogP contribution >= 0.6 is 0 Å². The van der Waals surface area contributed by atoms with Crippen LogP contribution in [0.2, 0.25) is 0 Å². The van der Waals surface area contributed by atoms with Gasteiger partial charge in [-0.1, -0.05) is 24.3 Å². The minimum atomic E-state index is 0.697. The molecule has 0 atom stereocenters. The molecule has 19 heavy (non-hydrogen) atoms. The maximum Gasteiger partial charge on any atom is 0.0769 e. The molecule has 94 valence electrons. The van der Waals surface area contributed by atoms with Crippen molar-refractivity contribution < 1.29 is 0 Å². The number of nitrogens with one attached hydrogen (secondary N) is 1. The van der Waals surface area contributed by atoms with Gasteiger partial charge in [0.25, 0.3) is 0 Å². The third-order valence-electron chi connectivity index (χ3n) is 2.90. The van der Waals surface area contributed by atoms with E-state index in [-0.39, 0.29) is 0 Å². The molecule has 0 aliphatic heterocycles. The lowest BCUT2D eigenvalue weighted by atomic mass is 10.2. The molecule has 0 bridgehead atoms. The lowest BCUT2D eigenvalue weighted by Crippen LogP contribution is -2.14. The first-order valence-corrected chi connectivity index (χ1v) is 6.24. The minimum absolute atomic E-state index is 0.697. The van der Waals surface area contributed by atoms with Crippen molar-refractivity contribution in [2.75, 3.05) is 0 Å². The maximum atomic E-state index is 4.61. The summed E-state index contributed by atoms with van der Waals surface area (Å²) in [5.74, 6) is 0. The zero-order valence-corrected chi connectivity index (χ0v) is 10.5. The fourth-order valence-corrected chi connectivity index (χ4v) is 1.95. The first-order chi connectivity index (χ1) is 9.42. The Kier molecular flexibility index (Phi) is 3.42. The Morgan fingerprint density at radius 3 is 2.63 bits per heavy atom. The summed E-state index contributed by atoms with van der Waals surface area (Å²) in [6.45, 7) is 1.42. The number of hydrogen-bond donors (Lipinski definition) is 1. The van der Waals surface area contributed by atoms with Crippen LogP contribution in [0.3, 0.4) is 0 Å². The Morgan fingerprint density at radius 2 is 1.74 bits per heavy atom. The second-order valence-corrected chi connectivity index (χ2v) is 4.31. The summed E-state index contributed by atoms with van der Waals surface area (Å²) in [6.07, 6.45) is 1.67. The number of fused-ring (bicyclic) bond motifs is 1. The number of rotatable bonds is 4. The zero-order valence-electron chi connectivity index (χ0n) is 10.5. The van der Waals surface area contributed by atoms with Gasteiger partial charge in [-0.2, -0.15) is 10.2 Å². The van der Waals surface area contributed by atoms with Crippen LogP contribution in [0.25, 0.3) is 10.9 Å². The average molecular weight is 250 g/mol. The van der Waals surface area contributed by atoms with Crippen molar-refractivity contribution in [1.82, 2.24) is 20.5 Å². The molecule has 0 spiro atoms. The number of pyridine rings is 1. The van der Waals surface area contributed by atoms with Gasteiger partial charge in [-0.25, -0.2) is 0 Å². The number of para-hydroxylation sites is 1. The lowest BCUT2D eigenvalue weighted by Gasteiger charge is -2.04. The van der Waals surface area contributed by atoms with Crippen molar-refractivity contribution in [2.24, 2.45) is 0 Å². The van der Waals surface area contributed by atoms with Crippen molar-refractivity contribution in [3.63, 3.8) is 0 Å². The van der Waals surface area contributed by atoms with Gasteiger partial charge >= 0.3 is 0 Å². The highest BCUT2D eigenvalue weighted by Gasteiger charge is 1.98. The maximum absolute atomic E-state index is 4.61. The Hall–Kier alpha value is -2.33. The van der Waals surface area contributed by atoms with Crippen molar-refractivity contribution in [1.29, 1.82) is 0 Å². The summed E-state index contributed by atoms with van der Waals surface area (Å²) in [5, 5.41) is 12.4. The second kappa shape index (κ2) is 5.54. The smallest absolute Gasteiger partial charge is 0.0769 e. The second-order valence-electron chi connectivity index (χ2n) is 4.31. The molecule has 0 unspecified atom stereocenters. The fraction of sp³-hybridized carbons (Fsp3) is 0.133. The van der Waals surface area contributed by atoms with Gasteiger partial charge in [0.1, 0.15) is 0 Å². The average Bonchev–Trinajstić information content (AvgIpc) is 2.48. The normalized spacial score (nSPS) is 10.7. The molecule has 3 rings (SSSR count). The van der Waals surface area contributed by atoms with E-state index in [0.29, 0.717) is 6.54 Å². The molecule has 2 heterocycles. The molecule has 0 aliphatic carbocycles. The molecule has 1 aromatic carbocycles. The molecule has 0 aliphatic rings. The van der Waals surface area contributed by atoms with E-state index in [2.05, 4.69) is 32.6 Å². The van der Waals surface area contributed by atoms with Crippen molar-refractivity contribution >= 4 is 10.9 Å². The van der Waals surface area contributed by atoms with E-state index in [9.17, 15) is 0 Å². The van der Waals surface area contributed by atoms with Gasteiger partial charge < -0.3 is 5.32 Å². The Bertz CT molecular complexity index is 667. The third-order valence-corrected chi connectivity index (χ3v) is 2.90. The van der Waals surface area contributed by atoms with Crippen LogP contribution in [0.1, 0.15) is 11.4 Å². The minimum Gasteiger partial charge on any atom is -0.305 e. The molecule has 0 fully saturated rings. The van der Waals surface area contributed by atoms with E-state index in [1.54, 1.807) is 6.20 Å². The summed E-state index contributed by atoms with van der Waals surface area (Å²) < 4.78 is 0. The van der Waals surface area contributed by atoms with Gasteiger partial charge in [0, 0.05) is 24.7 Å². The van der Waals surface area contributed by atoms with Crippen LogP contribution in [-0.2, 0) is 13.1 Å². The fourth-order valence-electron chi connectivity index (χ4n) is 1.95. The zero-order chi connectivity index (χ0) is 12.9. The van der Waals surface area contributed by atoms with Gasteiger partial charge in [0.05, 0.1) is 16.9 Å². The highest BCUT2D eigenvalue weighted by Crippen LogP contribution is 2.11. The van der Waals surface area contributed by atoms with E-state index in [1.165, 1.54) is 5.39 Å². The van der Waals surface area contributed by atoms with Crippen molar-refractivity contribution in [3.8, 4) is 0 Å². The number of aromatic nitrogens is 3. The molecule has 0 saturated heterocycles. The Balaban J connectivity index is 1.65. The van der Waals surface area contributed by atoms with Gasteiger partial charge in [-0.15, -0.1) is 0 Å². The lowest BCUT2D eigenvalue weighted by molar-refractivity contribution is 0.660. The van der Waals surface area contributed by atoms with E-state index in [1.807, 2.05) is 36.4 Å². The summed E-state index contributed by atoms with van der Waals surface area (Å²) in [6, 6.07) is 16.1. The summed E-state index contributed by atoms with van der Waals surface area (Å²) in [7, 11) is 0. The molecule has 4 heteroatoms. The molecule has 0 radical (unpaired) electrons. The first-order valence-electron chi connectivity index (χ1n) is 6.24. The topological polar surface area (TPSA) is 50.7 Å². The predicted molar refractivity (Wildman–Crippen MR) is 74.3 cm³/mol. The molecule has 0 amide bonds. The number of hydrogen-bond acceptors (Lipinski definition) is 4. The van der Waals surface area contributed by atoms with Crippen LogP contribution < -0.4 is 5.32 Å². The van der Waals surface area contributed by atoms with Crippen molar-refractivity contribution in [3.05, 3.63) is 66.1 Å². The Labute approximate surface area is 111 Å². The summed E-state index contributed by atoms with van der Waals surface area (Å²) >= 11 is 0. The van der Waals surface area contributed by atoms with Gasteiger partial charge in [0.15, 0.2) is 0 Å². The van der Waals surface area contributed by atoms with Crippen LogP contribution in [0, 0.1) is 0 Å². The van der Waals surface area contributed by atoms with E-state index in [4.69, 9.17) is 0 Å². The van der Waals surface area contributed by atoms with Gasteiger partial charge in [-0.3, -0.25) is 4.98 Å². The molecule has 4 nitrogen and oxygen atoms in total. The molecular formula is C15H14N4. The van der Waals surface area contributed by atoms with E-state index < -0.39 is 0 Å². The van der Waals surface area contributed by atoms with Crippen LogP contribution in [0.5, 0.6) is 0 Å². The highest BCUT2D eigenvalue weighted by atomic mass is 15.1. The number of nitrogens with zero attached hydrogens (tertiary/aromatic N) is 3. The molecule has 2 aromatic heterocycles. The standard InChI is InChI=1S/C15H14N4/c1-2-6-15-12(4-1)7-8-13(18-15)10-16-11-14-5-3-9-17-19-14/h1-9,16H,10-11H2. The summed E-state index contributed by atoms with van der Waals surface area (Å²) in [4.78, 5) is 4.61. The SMILES string of the molecule is c1cnnc(CNCc2ccc3ccccc3n2)c1. The van der Waals surface area contributed by atoms with Crippen LogP contribution in [0.4, 0.5) is 0 Å². The monoisotopic (exact) mass is 250 g/mol. The molecule has 1 N–H and O–H groups in total. The largest absolute Gasteiger partial charge is 0.305 e. The van der Waals surface area contributed by atoms with E-state index >= 15 is 0 Å². The third kappa shape index (κ3) is 2.92. The van der Waals surface area contributed by atoms with Crippen LogP contribution in [-0.4, -0.2) is 15.2 Å². The quantitative estimate of drug-likeness (QED) is 0.772. The van der Waals surface area contributed by atoms with Crippen LogP contribution in [0.15, 0.2) is 54.7 Å². The first kappa shape index (κ1) is 11.7. The van der Waals surface area contributed by atoms with Gasteiger partial charge in [-0.05, 0) is 24.3 Å². The number of benzene rings is 1. The van der Waals surface area contributed by atoms with Gasteiger partial charge in [0.2, 0.25) is 0 Å². The highest BCUT2D eigenvalue weighted by molar-refractivity contribution is 5.78. The molecular weight excluding hydrogens is 236 g/mol. The Morgan fingerprint density at radius 1 is 0.842 bits per heavy atom. The molecule has 0 saturated carbocycles.